The van der Waals surface area contributed by atoms with Crippen LogP contribution in [0.15, 0.2) is 24.3 Å². The molecule has 0 atom stereocenters. The van der Waals surface area contributed by atoms with Gasteiger partial charge in [0.1, 0.15) is 12.4 Å². The molecular weight excluding hydrogens is 384 g/mol. The van der Waals surface area contributed by atoms with Gasteiger partial charge in [-0.3, -0.25) is 14.5 Å². The molecule has 0 bridgehead atoms. The number of benzene rings is 1. The van der Waals surface area contributed by atoms with Crippen molar-refractivity contribution in [1.29, 1.82) is 0 Å². The summed E-state index contributed by atoms with van der Waals surface area (Å²) in [5, 5.41) is 6.89. The van der Waals surface area contributed by atoms with E-state index >= 15 is 0 Å². The van der Waals surface area contributed by atoms with E-state index in [4.69, 9.17) is 19.6 Å². The lowest BCUT2D eigenvalue weighted by atomic mass is 9.79. The highest BCUT2D eigenvalue weighted by Crippen LogP contribution is 2.32. The molecule has 0 spiro atoms. The molecule has 2 N–H and O–H groups in total. The van der Waals surface area contributed by atoms with Crippen LogP contribution in [-0.2, 0) is 20.9 Å². The largest absolute Gasteiger partial charge is 0.483 e. The average molecular weight is 417 g/mol. The molecule has 8 heteroatoms. The highest BCUT2D eigenvalue weighted by Gasteiger charge is 2.30. The average Bonchev–Trinajstić information content (AvgIpc) is 3.17. The number of piperidine rings is 2. The van der Waals surface area contributed by atoms with Gasteiger partial charge in [0.15, 0.2) is 0 Å². The number of aromatic nitrogens is 2. The van der Waals surface area contributed by atoms with E-state index in [2.05, 4.69) is 22.0 Å². The monoisotopic (exact) mass is 416 g/mol. The van der Waals surface area contributed by atoms with Crippen molar-refractivity contribution < 1.29 is 19.4 Å². The fourth-order valence-electron chi connectivity index (χ4n) is 4.71. The van der Waals surface area contributed by atoms with Gasteiger partial charge in [0.2, 0.25) is 5.91 Å². The molecule has 1 aromatic carbocycles. The number of imidazole rings is 1. The van der Waals surface area contributed by atoms with E-state index < -0.39 is 0 Å². The van der Waals surface area contributed by atoms with Crippen molar-refractivity contribution in [2.45, 2.75) is 32.2 Å². The summed E-state index contributed by atoms with van der Waals surface area (Å²) in [6.07, 6.45) is 4.81. The van der Waals surface area contributed by atoms with Gasteiger partial charge in [-0.25, -0.2) is 4.98 Å². The quantitative estimate of drug-likeness (QED) is 0.726. The predicted octanol–water partition coefficient (Wildman–Crippen LogP) is 2.36. The Balaban J connectivity index is 0.000000806. The number of fused-ring (bicyclic) bond motifs is 1. The van der Waals surface area contributed by atoms with Gasteiger partial charge in [-0.2, -0.15) is 0 Å². The summed E-state index contributed by atoms with van der Waals surface area (Å²) in [4.78, 5) is 33.0. The number of nitrogens with one attached hydrogen (secondary N) is 1. The molecule has 2 aromatic rings. The van der Waals surface area contributed by atoms with Crippen LogP contribution in [0.3, 0.4) is 0 Å². The Kier molecular flexibility index (Phi) is 8.21. The minimum absolute atomic E-state index is 0.136. The smallest absolute Gasteiger partial charge is 0.290 e. The zero-order valence-electron chi connectivity index (χ0n) is 17.6. The zero-order valence-corrected chi connectivity index (χ0v) is 17.6. The molecule has 2 saturated heterocycles. The summed E-state index contributed by atoms with van der Waals surface area (Å²) in [6.45, 7) is 4.95. The number of hydrogen-bond donors (Lipinski definition) is 2. The van der Waals surface area contributed by atoms with E-state index in [-0.39, 0.29) is 19.0 Å². The number of H-pyrrole nitrogens is 1. The molecule has 0 saturated carbocycles. The van der Waals surface area contributed by atoms with Crippen LogP contribution >= 0.6 is 0 Å². The molecule has 3 heterocycles. The minimum Gasteiger partial charge on any atom is -0.483 e. The molecule has 30 heavy (non-hydrogen) atoms. The van der Waals surface area contributed by atoms with Gasteiger partial charge < -0.3 is 19.7 Å². The van der Waals surface area contributed by atoms with Gasteiger partial charge in [-0.15, -0.1) is 0 Å². The number of aromatic amines is 1. The Bertz CT molecular complexity index is 775. The number of para-hydroxylation sites is 2. The zero-order chi connectivity index (χ0) is 21.3. The molecule has 8 nitrogen and oxygen atoms in total. The second kappa shape index (κ2) is 11.1. The summed E-state index contributed by atoms with van der Waals surface area (Å²) in [7, 11) is 1.59. The molecule has 2 fully saturated rings. The van der Waals surface area contributed by atoms with E-state index in [1.165, 1.54) is 12.8 Å². The van der Waals surface area contributed by atoms with Gasteiger partial charge in [0.05, 0.1) is 17.6 Å². The highest BCUT2D eigenvalue weighted by atomic mass is 16.5. The van der Waals surface area contributed by atoms with Crippen LogP contribution in [0.4, 0.5) is 0 Å². The predicted molar refractivity (Wildman–Crippen MR) is 114 cm³/mol. The Morgan fingerprint density at radius 2 is 1.77 bits per heavy atom. The van der Waals surface area contributed by atoms with Crippen LogP contribution in [-0.4, -0.2) is 77.1 Å². The molecule has 2 aliphatic heterocycles. The summed E-state index contributed by atoms with van der Waals surface area (Å²) < 4.78 is 4.98. The number of nitrogens with zero attached hydrogens (tertiary/aromatic N) is 3. The number of methoxy groups -OCH3 is 1. The molecule has 0 radical (unpaired) electrons. The number of carboxylic acid groups (broad SMARTS) is 1. The van der Waals surface area contributed by atoms with E-state index in [1.54, 1.807) is 7.11 Å². The molecule has 164 valence electrons. The van der Waals surface area contributed by atoms with Crippen LogP contribution in [0.5, 0.6) is 0 Å². The second-order valence-electron chi connectivity index (χ2n) is 8.07. The fourth-order valence-corrected chi connectivity index (χ4v) is 4.71. The first-order valence-corrected chi connectivity index (χ1v) is 10.6. The van der Waals surface area contributed by atoms with Crippen molar-refractivity contribution in [1.82, 2.24) is 19.8 Å². The Hall–Kier alpha value is -2.45. The van der Waals surface area contributed by atoms with Gasteiger partial charge in [0, 0.05) is 20.2 Å². The van der Waals surface area contributed by atoms with Crippen molar-refractivity contribution >= 4 is 23.4 Å². The van der Waals surface area contributed by atoms with Crippen LogP contribution in [0.2, 0.25) is 0 Å². The van der Waals surface area contributed by atoms with Crippen LogP contribution in [0.1, 0.15) is 31.5 Å². The van der Waals surface area contributed by atoms with Crippen molar-refractivity contribution in [3.8, 4) is 0 Å². The number of likely N-dealkylation sites (tertiary alicyclic amines) is 2. The lowest BCUT2D eigenvalue weighted by Crippen LogP contribution is -2.43. The van der Waals surface area contributed by atoms with Gasteiger partial charge in [-0.05, 0) is 62.7 Å². The molecule has 0 aliphatic carbocycles. The Morgan fingerprint density at radius 3 is 2.37 bits per heavy atom. The standard InChI is InChI=1S/C21H30N4O2.CH2O2/c1-27-15-21(26)25-12-8-17(9-13-25)16-6-10-24(11-7-16)14-20-22-18-4-2-3-5-19(18)23-20;2-1-3/h2-5,16-17H,6-15H2,1H3,(H,22,23);1H,(H,2,3). The maximum Gasteiger partial charge on any atom is 0.290 e. The third-order valence-electron chi connectivity index (χ3n) is 6.27. The molecule has 1 aromatic heterocycles. The fraction of sp³-hybridized carbons (Fsp3) is 0.591. The SMILES string of the molecule is COCC(=O)N1CCC(C2CCN(Cc3nc4ccccc4[nH]3)CC2)CC1.O=CO. The molecule has 4 rings (SSSR count). The maximum absolute atomic E-state index is 11.9. The number of carbonyl (C=O) groups excluding carboxylic acids is 1. The summed E-state index contributed by atoms with van der Waals surface area (Å²) in [6, 6.07) is 8.23. The number of rotatable bonds is 5. The van der Waals surface area contributed by atoms with Crippen LogP contribution in [0.25, 0.3) is 11.0 Å². The first kappa shape index (κ1) is 22.2. The number of hydrogen-bond acceptors (Lipinski definition) is 5. The summed E-state index contributed by atoms with van der Waals surface area (Å²) >= 11 is 0. The lowest BCUT2D eigenvalue weighted by molar-refractivity contribution is -0.136. The number of ether oxygens (including phenoxy) is 1. The van der Waals surface area contributed by atoms with E-state index in [0.717, 1.165) is 74.3 Å². The van der Waals surface area contributed by atoms with Gasteiger partial charge in [-0.1, -0.05) is 12.1 Å². The Labute approximate surface area is 177 Å². The van der Waals surface area contributed by atoms with E-state index in [9.17, 15) is 4.79 Å². The first-order valence-electron chi connectivity index (χ1n) is 10.6. The van der Waals surface area contributed by atoms with Crippen LogP contribution in [0, 0.1) is 11.8 Å². The Morgan fingerprint density at radius 1 is 1.17 bits per heavy atom. The third-order valence-corrected chi connectivity index (χ3v) is 6.27. The maximum atomic E-state index is 11.9. The molecular formula is C22H32N4O4. The third kappa shape index (κ3) is 5.79. The van der Waals surface area contributed by atoms with Crippen molar-refractivity contribution in [2.24, 2.45) is 11.8 Å². The second-order valence-corrected chi connectivity index (χ2v) is 8.07. The van der Waals surface area contributed by atoms with Gasteiger partial charge in [0.25, 0.3) is 6.47 Å². The molecule has 1 amide bonds. The summed E-state index contributed by atoms with van der Waals surface area (Å²) in [5.74, 6) is 2.78. The number of amides is 1. The number of carbonyl (C=O) groups is 2. The molecule has 0 unspecified atom stereocenters. The lowest BCUT2D eigenvalue weighted by Gasteiger charge is -2.40. The van der Waals surface area contributed by atoms with Crippen molar-refractivity contribution in [3.05, 3.63) is 30.1 Å². The topological polar surface area (TPSA) is 98.8 Å². The van der Waals surface area contributed by atoms with Crippen LogP contribution < -0.4 is 0 Å². The van der Waals surface area contributed by atoms with E-state index in [1.807, 2.05) is 17.0 Å². The first-order chi connectivity index (χ1) is 14.6. The highest BCUT2D eigenvalue weighted by molar-refractivity contribution is 5.77. The summed E-state index contributed by atoms with van der Waals surface area (Å²) in [5.41, 5.74) is 2.18. The van der Waals surface area contributed by atoms with Gasteiger partial charge >= 0.3 is 0 Å². The normalized spacial score (nSPS) is 18.8. The minimum atomic E-state index is -0.250. The molecule has 2 aliphatic rings. The van der Waals surface area contributed by atoms with Crippen molar-refractivity contribution in [2.75, 3.05) is 39.9 Å². The van der Waals surface area contributed by atoms with Crippen molar-refractivity contribution in [3.63, 3.8) is 0 Å². The van der Waals surface area contributed by atoms with E-state index in [0.29, 0.717) is 0 Å².